The van der Waals surface area contributed by atoms with Gasteiger partial charge in [-0.3, -0.25) is 4.68 Å². The van der Waals surface area contributed by atoms with E-state index in [0.717, 1.165) is 63.8 Å². The van der Waals surface area contributed by atoms with Crippen molar-refractivity contribution >= 4 is 28.8 Å². The average molecular weight is 412 g/mol. The number of benzene rings is 1. The number of aromatic nitrogens is 3. The van der Waals surface area contributed by atoms with Crippen molar-refractivity contribution in [3.05, 3.63) is 36.0 Å². The number of nitrogens with one attached hydrogen (secondary N) is 1. The van der Waals surface area contributed by atoms with Crippen molar-refractivity contribution in [3.63, 3.8) is 0 Å². The number of hydrogen-bond donors (Lipinski definition) is 1. The highest BCUT2D eigenvalue weighted by Gasteiger charge is 2.26. The van der Waals surface area contributed by atoms with Crippen molar-refractivity contribution in [2.45, 2.75) is 36.9 Å². The van der Waals surface area contributed by atoms with E-state index in [1.807, 2.05) is 6.07 Å². The van der Waals surface area contributed by atoms with Crippen LogP contribution in [0.5, 0.6) is 0 Å². The summed E-state index contributed by atoms with van der Waals surface area (Å²) in [6.45, 7) is 8.61. The molecule has 2 aromatic heterocycles. The van der Waals surface area contributed by atoms with Crippen molar-refractivity contribution in [1.29, 1.82) is 0 Å². The Morgan fingerprint density at radius 2 is 2.10 bits per heavy atom. The van der Waals surface area contributed by atoms with Crippen LogP contribution in [-0.4, -0.2) is 52.5 Å². The standard InChI is InChI=1S/C21H25N5O2S/c1-4-25(5-2)11-12-26-16-9-8-14(13-23-21(27)28-3)19-17(16)18(24-26)15-7-6-10-22-20(15)29-19/h6-10H,4-5,11-13H2,1-3H3,(H,23,27). The number of methoxy groups -OCH3 is 1. The van der Waals surface area contributed by atoms with Crippen LogP contribution in [0, 0.1) is 0 Å². The molecule has 4 rings (SSSR count). The molecule has 0 unspecified atom stereocenters. The second-order valence-corrected chi connectivity index (χ2v) is 7.85. The minimum Gasteiger partial charge on any atom is -0.453 e. The summed E-state index contributed by atoms with van der Waals surface area (Å²) in [5, 5.41) is 9.85. The summed E-state index contributed by atoms with van der Waals surface area (Å²) in [6.07, 6.45) is 1.37. The molecule has 152 valence electrons. The SMILES string of the molecule is CCN(CC)CCn1nc2c3c(c(CNC(=O)OC)ccc31)Sc1ncccc1-2. The van der Waals surface area contributed by atoms with Crippen LogP contribution in [0.3, 0.4) is 0 Å². The molecular formula is C21H25N5O2S. The van der Waals surface area contributed by atoms with Gasteiger partial charge in [0, 0.05) is 35.1 Å². The van der Waals surface area contributed by atoms with E-state index >= 15 is 0 Å². The van der Waals surface area contributed by atoms with Crippen molar-refractivity contribution in [2.75, 3.05) is 26.7 Å². The highest BCUT2D eigenvalue weighted by molar-refractivity contribution is 7.99. The second-order valence-electron chi connectivity index (χ2n) is 6.85. The Kier molecular flexibility index (Phi) is 5.73. The summed E-state index contributed by atoms with van der Waals surface area (Å²) in [5.74, 6) is 0. The molecule has 3 aromatic rings. The van der Waals surface area contributed by atoms with Crippen LogP contribution in [0.2, 0.25) is 0 Å². The van der Waals surface area contributed by atoms with Gasteiger partial charge < -0.3 is 15.0 Å². The fourth-order valence-electron chi connectivity index (χ4n) is 3.66. The molecule has 3 heterocycles. The third-order valence-electron chi connectivity index (χ3n) is 5.31. The van der Waals surface area contributed by atoms with Gasteiger partial charge >= 0.3 is 6.09 Å². The summed E-state index contributed by atoms with van der Waals surface area (Å²) in [4.78, 5) is 19.6. The molecule has 0 bridgehead atoms. The molecule has 8 heteroatoms. The molecule has 0 fully saturated rings. The van der Waals surface area contributed by atoms with E-state index in [9.17, 15) is 4.79 Å². The number of ether oxygens (including phenoxy) is 1. The molecular weight excluding hydrogens is 386 g/mol. The van der Waals surface area contributed by atoms with Crippen LogP contribution in [0.25, 0.3) is 22.2 Å². The van der Waals surface area contributed by atoms with Gasteiger partial charge in [-0.05, 0) is 36.9 Å². The Bertz CT molecular complexity index is 1040. The highest BCUT2D eigenvalue weighted by atomic mass is 32.2. The largest absolute Gasteiger partial charge is 0.453 e. The van der Waals surface area contributed by atoms with Crippen molar-refractivity contribution in [1.82, 2.24) is 25.0 Å². The maximum atomic E-state index is 11.6. The maximum absolute atomic E-state index is 11.6. The van der Waals surface area contributed by atoms with Crippen LogP contribution < -0.4 is 5.32 Å². The van der Waals surface area contributed by atoms with Gasteiger partial charge in [0.1, 0.15) is 10.7 Å². The van der Waals surface area contributed by atoms with Crippen molar-refractivity contribution in [2.24, 2.45) is 0 Å². The molecule has 1 aliphatic heterocycles. The van der Waals surface area contributed by atoms with Gasteiger partial charge in [-0.1, -0.05) is 31.7 Å². The molecule has 0 radical (unpaired) electrons. The Morgan fingerprint density at radius 3 is 2.86 bits per heavy atom. The molecule has 1 N–H and O–H groups in total. The monoisotopic (exact) mass is 411 g/mol. The lowest BCUT2D eigenvalue weighted by molar-refractivity contribution is 0.170. The number of pyridine rings is 1. The van der Waals surface area contributed by atoms with E-state index in [1.54, 1.807) is 18.0 Å². The summed E-state index contributed by atoms with van der Waals surface area (Å²) in [6, 6.07) is 8.20. The smallest absolute Gasteiger partial charge is 0.407 e. The lowest BCUT2D eigenvalue weighted by Gasteiger charge is -2.18. The average Bonchev–Trinajstić information content (AvgIpc) is 3.13. The molecule has 0 saturated carbocycles. The summed E-state index contributed by atoms with van der Waals surface area (Å²) < 4.78 is 6.82. The van der Waals surface area contributed by atoms with Gasteiger partial charge in [-0.15, -0.1) is 0 Å². The van der Waals surface area contributed by atoms with E-state index in [-0.39, 0.29) is 0 Å². The molecule has 7 nitrogen and oxygen atoms in total. The zero-order valence-electron chi connectivity index (χ0n) is 16.9. The normalized spacial score (nSPS) is 12.3. The maximum Gasteiger partial charge on any atom is 0.407 e. The Hall–Kier alpha value is -2.58. The van der Waals surface area contributed by atoms with Gasteiger partial charge in [-0.2, -0.15) is 5.10 Å². The van der Waals surface area contributed by atoms with Gasteiger partial charge in [0.25, 0.3) is 0 Å². The fraction of sp³-hybridized carbons (Fsp3) is 0.381. The number of rotatable bonds is 7. The molecule has 0 atom stereocenters. The van der Waals surface area contributed by atoms with Crippen molar-refractivity contribution in [3.8, 4) is 11.3 Å². The van der Waals surface area contributed by atoms with Crippen LogP contribution in [0.4, 0.5) is 4.79 Å². The first kappa shape index (κ1) is 19.7. The van der Waals surface area contributed by atoms with Crippen LogP contribution in [-0.2, 0) is 17.8 Å². The van der Waals surface area contributed by atoms with E-state index in [2.05, 4.69) is 51.9 Å². The molecule has 29 heavy (non-hydrogen) atoms. The molecule has 1 amide bonds. The number of alkyl carbamates (subject to hydrolysis) is 1. The molecule has 0 spiro atoms. The third-order valence-corrected chi connectivity index (χ3v) is 6.50. The minimum absolute atomic E-state index is 0.400. The second kappa shape index (κ2) is 8.42. The van der Waals surface area contributed by atoms with Gasteiger partial charge in [-0.25, -0.2) is 9.78 Å². The summed E-state index contributed by atoms with van der Waals surface area (Å²) >= 11 is 1.64. The van der Waals surface area contributed by atoms with Crippen molar-refractivity contribution < 1.29 is 9.53 Å². The van der Waals surface area contributed by atoms with Gasteiger partial charge in [0.15, 0.2) is 0 Å². The van der Waals surface area contributed by atoms with Crippen LogP contribution >= 0.6 is 11.8 Å². The topological polar surface area (TPSA) is 72.3 Å². The Labute approximate surface area is 174 Å². The predicted molar refractivity (Wildman–Crippen MR) is 114 cm³/mol. The quantitative estimate of drug-likeness (QED) is 0.499. The Morgan fingerprint density at radius 1 is 1.28 bits per heavy atom. The van der Waals surface area contributed by atoms with Crippen LogP contribution in [0.15, 0.2) is 40.4 Å². The van der Waals surface area contributed by atoms with Gasteiger partial charge in [0.2, 0.25) is 0 Å². The lowest BCUT2D eigenvalue weighted by atomic mass is 10.1. The third kappa shape index (κ3) is 3.70. The summed E-state index contributed by atoms with van der Waals surface area (Å²) in [5.41, 5.74) is 4.19. The molecule has 0 saturated heterocycles. The summed E-state index contributed by atoms with van der Waals surface area (Å²) in [7, 11) is 1.37. The first-order valence-electron chi connectivity index (χ1n) is 9.86. The first-order chi connectivity index (χ1) is 14.2. The lowest BCUT2D eigenvalue weighted by Crippen LogP contribution is -2.27. The predicted octanol–water partition coefficient (Wildman–Crippen LogP) is 3.76. The minimum atomic E-state index is -0.438. The number of carbonyl (C=O) groups is 1. The van der Waals surface area contributed by atoms with E-state index in [4.69, 9.17) is 9.84 Å². The number of hydrogen-bond acceptors (Lipinski definition) is 6. The van der Waals surface area contributed by atoms with E-state index in [1.165, 1.54) is 7.11 Å². The highest BCUT2D eigenvalue weighted by Crippen LogP contribution is 2.47. The number of likely N-dealkylation sites (N-methyl/N-ethyl adjacent to an activating group) is 1. The Balaban J connectivity index is 1.78. The first-order valence-corrected chi connectivity index (χ1v) is 10.7. The fourth-order valence-corrected chi connectivity index (χ4v) is 4.82. The number of nitrogens with zero attached hydrogens (tertiary/aromatic N) is 4. The van der Waals surface area contributed by atoms with E-state index in [0.29, 0.717) is 6.54 Å². The number of fused-ring (bicyclic) bond motifs is 2. The van der Waals surface area contributed by atoms with Crippen LogP contribution in [0.1, 0.15) is 19.4 Å². The molecule has 1 aromatic carbocycles. The molecule has 1 aliphatic rings. The molecule has 0 aliphatic carbocycles. The van der Waals surface area contributed by atoms with E-state index < -0.39 is 6.09 Å². The number of amides is 1. The zero-order valence-corrected chi connectivity index (χ0v) is 17.8. The zero-order chi connectivity index (χ0) is 20.4. The number of carbonyl (C=O) groups excluding carboxylic acids is 1. The van der Waals surface area contributed by atoms with Gasteiger partial charge in [0.05, 0.1) is 19.2 Å².